The van der Waals surface area contributed by atoms with Gasteiger partial charge in [-0.2, -0.15) is 0 Å². The van der Waals surface area contributed by atoms with Crippen molar-refractivity contribution < 1.29 is 24.6 Å². The van der Waals surface area contributed by atoms with E-state index in [0.29, 0.717) is 48.2 Å². The summed E-state index contributed by atoms with van der Waals surface area (Å²) in [5.41, 5.74) is 3.11. The van der Waals surface area contributed by atoms with Crippen LogP contribution < -0.4 is 10.6 Å². The minimum absolute atomic E-state index is 0.000497. The predicted molar refractivity (Wildman–Crippen MR) is 171 cm³/mol. The minimum atomic E-state index is -0.883. The minimum Gasteiger partial charge on any atom is -0.480 e. The van der Waals surface area contributed by atoms with E-state index in [0.717, 1.165) is 44.1 Å². The van der Waals surface area contributed by atoms with Gasteiger partial charge in [0.15, 0.2) is 0 Å². The van der Waals surface area contributed by atoms with Crippen LogP contribution >= 0.6 is 0 Å². The molecule has 7 nitrogen and oxygen atoms in total. The first-order valence-corrected chi connectivity index (χ1v) is 17.1. The number of nitrogens with one attached hydrogen (secondary N) is 2. The summed E-state index contributed by atoms with van der Waals surface area (Å²) in [6.45, 7) is 10.9. The van der Waals surface area contributed by atoms with E-state index in [1.165, 1.54) is 31.3 Å². The van der Waals surface area contributed by atoms with Crippen LogP contribution in [-0.4, -0.2) is 47.7 Å². The van der Waals surface area contributed by atoms with Crippen molar-refractivity contribution in [1.29, 1.82) is 0 Å². The average Bonchev–Trinajstić information content (AvgIpc) is 3.42. The molecule has 4 fully saturated rings. The van der Waals surface area contributed by atoms with Crippen molar-refractivity contribution in [1.82, 2.24) is 10.6 Å². The summed E-state index contributed by atoms with van der Waals surface area (Å²) in [6.07, 6.45) is 13.9. The van der Waals surface area contributed by atoms with Crippen molar-refractivity contribution in [3.05, 3.63) is 41.5 Å². The van der Waals surface area contributed by atoms with E-state index < -0.39 is 11.9 Å². The monoisotopic (exact) mass is 604 g/mol. The van der Waals surface area contributed by atoms with Gasteiger partial charge in [-0.1, -0.05) is 52.3 Å². The Morgan fingerprint density at radius 3 is 2.27 bits per heavy atom. The molecule has 0 heterocycles. The predicted octanol–water partition coefficient (Wildman–Crippen LogP) is 6.63. The van der Waals surface area contributed by atoms with Gasteiger partial charge in [0.2, 0.25) is 5.91 Å². The number of amides is 1. The van der Waals surface area contributed by atoms with Gasteiger partial charge < -0.3 is 20.8 Å². The molecule has 0 aromatic heterocycles. The lowest BCUT2D eigenvalue weighted by molar-refractivity contribution is -0.181. The quantitative estimate of drug-likeness (QED) is 0.248. The largest absolute Gasteiger partial charge is 0.480 e. The zero-order valence-corrected chi connectivity index (χ0v) is 27.1. The van der Waals surface area contributed by atoms with Crippen molar-refractivity contribution in [3.8, 4) is 0 Å². The van der Waals surface area contributed by atoms with Crippen LogP contribution in [0.5, 0.6) is 0 Å². The molecule has 240 valence electrons. The molecular formula is C37H52N2O5. The molecule has 0 spiro atoms. The molecule has 7 heteroatoms. The van der Waals surface area contributed by atoms with Gasteiger partial charge in [-0.25, -0.2) is 4.79 Å². The molecule has 8 atom stereocenters. The van der Waals surface area contributed by atoms with Crippen LogP contribution in [0.1, 0.15) is 108 Å². The molecule has 0 bridgehead atoms. The highest BCUT2D eigenvalue weighted by atomic mass is 16.4. The highest BCUT2D eigenvalue weighted by Gasteiger charge is 2.66. The normalized spacial score (nSPS) is 38.7. The topological polar surface area (TPSA) is 116 Å². The summed E-state index contributed by atoms with van der Waals surface area (Å²) < 4.78 is 0. The zero-order valence-electron chi connectivity index (χ0n) is 27.1. The van der Waals surface area contributed by atoms with Gasteiger partial charge in [0.25, 0.3) is 0 Å². The number of rotatable bonds is 8. The van der Waals surface area contributed by atoms with Crippen molar-refractivity contribution >= 4 is 23.4 Å². The van der Waals surface area contributed by atoms with Gasteiger partial charge in [-0.05, 0) is 127 Å². The first-order chi connectivity index (χ1) is 20.8. The lowest BCUT2D eigenvalue weighted by Crippen LogP contribution is -2.62. The molecule has 5 aliphatic carbocycles. The molecule has 1 aromatic carbocycles. The van der Waals surface area contributed by atoms with E-state index in [1.807, 2.05) is 12.1 Å². The summed E-state index contributed by atoms with van der Waals surface area (Å²) in [7, 11) is 0. The highest BCUT2D eigenvalue weighted by molar-refractivity contribution is 5.88. The maximum atomic E-state index is 13.8. The Kier molecular flexibility index (Phi) is 8.04. The van der Waals surface area contributed by atoms with E-state index in [9.17, 15) is 19.5 Å². The number of aliphatic carboxylic acids is 1. The van der Waals surface area contributed by atoms with Gasteiger partial charge in [0, 0.05) is 13.1 Å². The number of carbonyl (C=O) groups excluding carboxylic acids is 1. The van der Waals surface area contributed by atoms with Crippen LogP contribution in [0.25, 0.3) is 5.57 Å². The Balaban J connectivity index is 1.21. The van der Waals surface area contributed by atoms with Crippen LogP contribution in [0, 0.1) is 51.2 Å². The van der Waals surface area contributed by atoms with Gasteiger partial charge in [-0.15, -0.1) is 0 Å². The van der Waals surface area contributed by atoms with Crippen LogP contribution in [0.4, 0.5) is 0 Å². The van der Waals surface area contributed by atoms with Gasteiger partial charge in [-0.3, -0.25) is 9.59 Å². The summed E-state index contributed by atoms with van der Waals surface area (Å²) in [6, 6.07) is 7.47. The third-order valence-electron chi connectivity index (χ3n) is 13.8. The molecule has 8 unspecified atom stereocenters. The Morgan fingerprint density at radius 2 is 1.57 bits per heavy atom. The first kappa shape index (κ1) is 31.3. The molecule has 4 N–H and O–H groups in total. The van der Waals surface area contributed by atoms with E-state index >= 15 is 0 Å². The van der Waals surface area contributed by atoms with Crippen molar-refractivity contribution in [3.63, 3.8) is 0 Å². The number of carbonyl (C=O) groups is 3. The van der Waals surface area contributed by atoms with Crippen LogP contribution in [0.3, 0.4) is 0 Å². The lowest BCUT2D eigenvalue weighted by atomic mass is 9.36. The maximum Gasteiger partial charge on any atom is 0.335 e. The van der Waals surface area contributed by atoms with Crippen LogP contribution in [-0.2, 0) is 9.59 Å². The molecule has 1 aromatic rings. The Labute approximate surface area is 262 Å². The molecule has 1 amide bonds. The fourth-order valence-corrected chi connectivity index (χ4v) is 12.1. The Morgan fingerprint density at radius 1 is 0.818 bits per heavy atom. The number of hydrogen-bond donors (Lipinski definition) is 4. The summed E-state index contributed by atoms with van der Waals surface area (Å²) >= 11 is 0. The standard InChI is InChI=1S/C37H52N2O5/c1-34(2)26(23-7-9-24(10-8-23)32(42)43)13-17-36(4)29(34)15-18-35(3)27-14-19-37(33(44)39-21-20-38-22-31(40)41)16-5-6-28(37)25(27)11-12-30(35)36/h7-10,13,25,27-30,38H,5-6,11-12,14-22H2,1-4H3,(H,39,44)(H,40,41)(H,42,43). The maximum absolute atomic E-state index is 13.8. The van der Waals surface area contributed by atoms with Crippen molar-refractivity contribution in [2.24, 2.45) is 51.2 Å². The van der Waals surface area contributed by atoms with E-state index in [1.54, 1.807) is 12.1 Å². The number of carboxylic acids is 2. The fourth-order valence-electron chi connectivity index (χ4n) is 12.1. The average molecular weight is 605 g/mol. The second-order valence-corrected chi connectivity index (χ2v) is 15.9. The third-order valence-corrected chi connectivity index (χ3v) is 13.8. The summed E-state index contributed by atoms with van der Waals surface area (Å²) in [4.78, 5) is 36.0. The number of aromatic carboxylic acids is 1. The van der Waals surface area contributed by atoms with Gasteiger partial charge in [0.1, 0.15) is 0 Å². The summed E-state index contributed by atoms with van der Waals surface area (Å²) in [5.74, 6) is 1.41. The number of allylic oxidation sites excluding steroid dienone is 2. The molecule has 6 rings (SSSR count). The molecule has 4 saturated carbocycles. The second kappa shape index (κ2) is 11.3. The third kappa shape index (κ3) is 4.83. The highest BCUT2D eigenvalue weighted by Crippen LogP contribution is 2.73. The summed E-state index contributed by atoms with van der Waals surface area (Å²) in [5, 5.41) is 24.4. The molecule has 0 saturated heterocycles. The Bertz CT molecular complexity index is 1340. The van der Waals surface area contributed by atoms with Crippen molar-refractivity contribution in [2.75, 3.05) is 19.6 Å². The molecule has 0 aliphatic heterocycles. The van der Waals surface area contributed by atoms with E-state index in [2.05, 4.69) is 44.4 Å². The molecule has 5 aliphatic rings. The van der Waals surface area contributed by atoms with E-state index in [-0.39, 0.29) is 34.1 Å². The first-order valence-electron chi connectivity index (χ1n) is 17.1. The zero-order chi connectivity index (χ0) is 31.5. The molecular weight excluding hydrogens is 552 g/mol. The molecule has 44 heavy (non-hydrogen) atoms. The van der Waals surface area contributed by atoms with Gasteiger partial charge >= 0.3 is 11.9 Å². The number of fused-ring (bicyclic) bond motifs is 7. The smallest absolute Gasteiger partial charge is 0.335 e. The fraction of sp³-hybridized carbons (Fsp3) is 0.703. The number of hydrogen-bond acceptors (Lipinski definition) is 4. The number of benzene rings is 1. The SMILES string of the molecule is CC1(C)C(c2ccc(C(=O)O)cc2)=CCC2(C)C1CCC1(C)C3CCC4(C(=O)NCCNCC(=O)O)CCCC4C3CCC12. The van der Waals surface area contributed by atoms with E-state index in [4.69, 9.17) is 5.11 Å². The van der Waals surface area contributed by atoms with Crippen molar-refractivity contribution in [2.45, 2.75) is 91.9 Å². The van der Waals surface area contributed by atoms with Crippen LogP contribution in [0.15, 0.2) is 30.3 Å². The van der Waals surface area contributed by atoms with Gasteiger partial charge in [0.05, 0.1) is 17.5 Å². The number of carboxylic acid groups (broad SMARTS) is 2. The second-order valence-electron chi connectivity index (χ2n) is 15.9. The van der Waals surface area contributed by atoms with Crippen LogP contribution in [0.2, 0.25) is 0 Å². The molecule has 0 radical (unpaired) electrons. The Hall–Kier alpha value is -2.67. The lowest BCUT2D eigenvalue weighted by Gasteiger charge is -2.68.